The lowest BCUT2D eigenvalue weighted by molar-refractivity contribution is -0.142. The Balaban J connectivity index is 2.51. The minimum atomic E-state index is -1.29. The minimum Gasteiger partial charge on any atom is -0.480 e. The molecule has 0 heterocycles. The van der Waals surface area contributed by atoms with Crippen LogP contribution in [-0.4, -0.2) is 47.2 Å². The normalized spacial score (nSPS) is 11.5. The third-order valence-electron chi connectivity index (χ3n) is 2.58. The Bertz CT molecular complexity index is 535. The van der Waals surface area contributed by atoms with E-state index in [0.717, 1.165) is 6.07 Å². The minimum absolute atomic E-state index is 0.150. The quantitative estimate of drug-likeness (QED) is 0.542. The van der Waals surface area contributed by atoms with E-state index in [2.05, 4.69) is 10.6 Å². The summed E-state index contributed by atoms with van der Waals surface area (Å²) in [6.07, 6.45) is -0.150. The van der Waals surface area contributed by atoms with Gasteiger partial charge < -0.3 is 20.8 Å². The number of aliphatic hydroxyl groups is 1. The highest BCUT2D eigenvalue weighted by Crippen LogP contribution is 2.05. The Morgan fingerprint density at radius 1 is 1.24 bits per heavy atom. The van der Waals surface area contributed by atoms with Crippen LogP contribution in [0.4, 0.5) is 4.39 Å². The molecule has 4 N–H and O–H groups in total. The molecule has 114 valence electrons. The molecule has 8 heteroatoms. The molecule has 0 aliphatic carbocycles. The molecule has 0 spiro atoms. The average Bonchev–Trinajstić information content (AvgIpc) is 2.44. The summed E-state index contributed by atoms with van der Waals surface area (Å²) >= 11 is 0. The summed E-state index contributed by atoms with van der Waals surface area (Å²) in [4.78, 5) is 33.9. The second-order valence-electron chi connectivity index (χ2n) is 4.13. The van der Waals surface area contributed by atoms with Crippen molar-refractivity contribution in [3.63, 3.8) is 0 Å². The van der Waals surface area contributed by atoms with Crippen molar-refractivity contribution in [2.24, 2.45) is 0 Å². The molecular formula is C13H15FN2O5. The van der Waals surface area contributed by atoms with Gasteiger partial charge in [0.25, 0.3) is 5.91 Å². The number of carbonyl (C=O) groups is 3. The summed E-state index contributed by atoms with van der Waals surface area (Å²) in [6, 6.07) is 4.02. The van der Waals surface area contributed by atoms with Gasteiger partial charge in [0.2, 0.25) is 5.91 Å². The van der Waals surface area contributed by atoms with Gasteiger partial charge in [0.05, 0.1) is 12.1 Å². The number of carboxylic acid groups (broad SMARTS) is 1. The summed E-state index contributed by atoms with van der Waals surface area (Å²) in [5.74, 6) is -3.55. The largest absolute Gasteiger partial charge is 0.480 e. The Labute approximate surface area is 119 Å². The predicted octanol–water partition coefficient (Wildman–Crippen LogP) is -0.493. The van der Waals surface area contributed by atoms with Crippen molar-refractivity contribution in [3.8, 4) is 0 Å². The van der Waals surface area contributed by atoms with Crippen LogP contribution in [0.25, 0.3) is 0 Å². The maximum atomic E-state index is 13.3. The monoisotopic (exact) mass is 298 g/mol. The van der Waals surface area contributed by atoms with Crippen LogP contribution in [0.15, 0.2) is 24.3 Å². The molecule has 0 saturated heterocycles. The molecule has 7 nitrogen and oxygen atoms in total. The summed E-state index contributed by atoms with van der Waals surface area (Å²) in [6.45, 7) is -0.902. The first-order valence-corrected chi connectivity index (χ1v) is 6.11. The molecule has 2 amide bonds. The van der Waals surface area contributed by atoms with Gasteiger partial charge in [0.1, 0.15) is 11.9 Å². The molecule has 0 aliphatic heterocycles. The van der Waals surface area contributed by atoms with Crippen LogP contribution in [0, 0.1) is 5.82 Å². The van der Waals surface area contributed by atoms with Gasteiger partial charge in [-0.1, -0.05) is 12.1 Å². The molecule has 0 saturated carbocycles. The first kappa shape index (κ1) is 16.6. The summed E-state index contributed by atoms with van der Waals surface area (Å²) in [7, 11) is 0. The molecule has 0 bridgehead atoms. The molecular weight excluding hydrogens is 283 g/mol. The first-order valence-electron chi connectivity index (χ1n) is 6.11. The molecule has 1 aromatic rings. The van der Waals surface area contributed by atoms with E-state index in [1.54, 1.807) is 0 Å². The van der Waals surface area contributed by atoms with Crippen LogP contribution in [0.1, 0.15) is 16.8 Å². The number of carboxylic acids is 1. The summed E-state index contributed by atoms with van der Waals surface area (Å²) < 4.78 is 13.3. The first-order chi connectivity index (χ1) is 9.95. The average molecular weight is 298 g/mol. The summed E-state index contributed by atoms with van der Waals surface area (Å²) in [5, 5.41) is 21.8. The van der Waals surface area contributed by atoms with Crippen LogP contribution in [0.5, 0.6) is 0 Å². The SMILES string of the molecule is O=C(CNC(=O)c1ccccc1F)NC(CCO)C(=O)O. The molecule has 0 aliphatic rings. The number of halogens is 1. The molecule has 0 fully saturated rings. The fourth-order valence-corrected chi connectivity index (χ4v) is 1.53. The van der Waals surface area contributed by atoms with Gasteiger partial charge in [-0.2, -0.15) is 0 Å². The Morgan fingerprint density at radius 2 is 1.90 bits per heavy atom. The highest BCUT2D eigenvalue weighted by atomic mass is 19.1. The fourth-order valence-electron chi connectivity index (χ4n) is 1.53. The van der Waals surface area contributed by atoms with Crippen molar-refractivity contribution in [2.45, 2.75) is 12.5 Å². The van der Waals surface area contributed by atoms with E-state index in [-0.39, 0.29) is 12.0 Å². The Hall–Kier alpha value is -2.48. The van der Waals surface area contributed by atoms with Crippen molar-refractivity contribution in [2.75, 3.05) is 13.2 Å². The second-order valence-corrected chi connectivity index (χ2v) is 4.13. The number of hydrogen-bond donors (Lipinski definition) is 4. The zero-order valence-electron chi connectivity index (χ0n) is 11.0. The van der Waals surface area contributed by atoms with Crippen molar-refractivity contribution in [1.82, 2.24) is 10.6 Å². The van der Waals surface area contributed by atoms with E-state index < -0.39 is 42.8 Å². The lowest BCUT2D eigenvalue weighted by Crippen LogP contribution is -2.46. The second kappa shape index (κ2) is 7.95. The number of hydrogen-bond acceptors (Lipinski definition) is 4. The smallest absolute Gasteiger partial charge is 0.326 e. The van der Waals surface area contributed by atoms with Gasteiger partial charge in [-0.3, -0.25) is 9.59 Å². The van der Waals surface area contributed by atoms with Crippen LogP contribution < -0.4 is 10.6 Å². The van der Waals surface area contributed by atoms with E-state index in [1.807, 2.05) is 0 Å². The standard InChI is InChI=1S/C13H15FN2O5/c14-9-4-2-1-3-8(9)12(19)15-7-11(18)16-10(5-6-17)13(20)21/h1-4,10,17H,5-7H2,(H,15,19)(H,16,18)(H,20,21). The van der Waals surface area contributed by atoms with Gasteiger partial charge in [0, 0.05) is 13.0 Å². The van der Waals surface area contributed by atoms with Gasteiger partial charge in [0.15, 0.2) is 0 Å². The molecule has 1 unspecified atom stereocenters. The van der Waals surface area contributed by atoms with Crippen LogP contribution >= 0.6 is 0 Å². The zero-order chi connectivity index (χ0) is 15.8. The fraction of sp³-hybridized carbons (Fsp3) is 0.308. The Morgan fingerprint density at radius 3 is 2.48 bits per heavy atom. The number of aliphatic hydroxyl groups excluding tert-OH is 1. The number of nitrogens with one attached hydrogen (secondary N) is 2. The van der Waals surface area contributed by atoms with Crippen molar-refractivity contribution in [3.05, 3.63) is 35.6 Å². The number of aliphatic carboxylic acids is 1. The van der Waals surface area contributed by atoms with Gasteiger partial charge in [-0.25, -0.2) is 9.18 Å². The van der Waals surface area contributed by atoms with Gasteiger partial charge >= 0.3 is 5.97 Å². The predicted molar refractivity (Wildman–Crippen MR) is 70.0 cm³/mol. The number of rotatable bonds is 7. The van der Waals surface area contributed by atoms with Crippen molar-refractivity contribution in [1.29, 1.82) is 0 Å². The van der Waals surface area contributed by atoms with Crippen LogP contribution in [0.3, 0.4) is 0 Å². The summed E-state index contributed by atoms with van der Waals surface area (Å²) in [5.41, 5.74) is -0.213. The van der Waals surface area contributed by atoms with Crippen molar-refractivity contribution >= 4 is 17.8 Å². The van der Waals surface area contributed by atoms with E-state index in [0.29, 0.717) is 0 Å². The molecule has 0 radical (unpaired) electrons. The molecule has 21 heavy (non-hydrogen) atoms. The van der Waals surface area contributed by atoms with E-state index in [1.165, 1.54) is 18.2 Å². The molecule has 1 atom stereocenters. The third kappa shape index (κ3) is 5.19. The van der Waals surface area contributed by atoms with Crippen molar-refractivity contribution < 1.29 is 29.0 Å². The maximum absolute atomic E-state index is 13.3. The highest BCUT2D eigenvalue weighted by molar-refractivity contribution is 5.97. The number of benzene rings is 1. The lowest BCUT2D eigenvalue weighted by atomic mass is 10.2. The topological polar surface area (TPSA) is 116 Å². The van der Waals surface area contributed by atoms with Crippen LogP contribution in [0.2, 0.25) is 0 Å². The van der Waals surface area contributed by atoms with E-state index >= 15 is 0 Å². The van der Waals surface area contributed by atoms with Crippen LogP contribution in [-0.2, 0) is 9.59 Å². The maximum Gasteiger partial charge on any atom is 0.326 e. The Kier molecular flexibility index (Phi) is 6.28. The van der Waals surface area contributed by atoms with E-state index in [4.69, 9.17) is 10.2 Å². The third-order valence-corrected chi connectivity index (χ3v) is 2.58. The lowest BCUT2D eigenvalue weighted by Gasteiger charge is -2.13. The molecule has 1 aromatic carbocycles. The van der Waals surface area contributed by atoms with Gasteiger partial charge in [-0.05, 0) is 12.1 Å². The number of carbonyl (C=O) groups excluding carboxylic acids is 2. The number of amides is 2. The molecule has 0 aromatic heterocycles. The zero-order valence-corrected chi connectivity index (χ0v) is 11.0. The van der Waals surface area contributed by atoms with Gasteiger partial charge in [-0.15, -0.1) is 0 Å². The highest BCUT2D eigenvalue weighted by Gasteiger charge is 2.19. The molecule has 1 rings (SSSR count). The van der Waals surface area contributed by atoms with E-state index in [9.17, 15) is 18.8 Å².